The molecule has 0 unspecified atom stereocenters. The van der Waals surface area contributed by atoms with Gasteiger partial charge in [-0.15, -0.1) is 0 Å². The molecule has 14 heavy (non-hydrogen) atoms. The summed E-state index contributed by atoms with van der Waals surface area (Å²) in [5, 5.41) is 9.22. The molecule has 3 rings (SSSR count). The van der Waals surface area contributed by atoms with E-state index in [2.05, 4.69) is 20.9 Å². The van der Waals surface area contributed by atoms with Crippen LogP contribution in [0.15, 0.2) is 0 Å². The van der Waals surface area contributed by atoms with E-state index in [0.717, 1.165) is 3.43 Å². The molecule has 3 aliphatic carbocycles. The molecule has 1 nitrogen and oxygen atoms in total. The quantitative estimate of drug-likeness (QED) is 0.673. The van der Waals surface area contributed by atoms with E-state index >= 15 is 0 Å². The number of nitriles is 1. The van der Waals surface area contributed by atoms with Crippen LogP contribution in [-0.4, -0.2) is 18.4 Å². The van der Waals surface area contributed by atoms with Crippen molar-refractivity contribution in [2.24, 2.45) is 5.41 Å². The predicted octanol–water partition coefficient (Wildman–Crippen LogP) is 3.94. The summed E-state index contributed by atoms with van der Waals surface area (Å²) in [6.07, 6.45) is 7.74. The molecule has 0 aromatic carbocycles. The first-order valence-electron chi connectivity index (χ1n) is 5.84. The van der Waals surface area contributed by atoms with Crippen molar-refractivity contribution in [1.82, 2.24) is 0 Å². The summed E-state index contributed by atoms with van der Waals surface area (Å²) in [6, 6.07) is 2.60. The average molecular weight is 298 g/mol. The Morgan fingerprint density at radius 1 is 0.929 bits per heavy atom. The summed E-state index contributed by atoms with van der Waals surface area (Å²) in [4.78, 5) is 7.75. The van der Waals surface area contributed by atoms with E-state index < -0.39 is 18.4 Å². The van der Waals surface area contributed by atoms with Gasteiger partial charge < -0.3 is 0 Å². The molecule has 0 aromatic rings. The van der Waals surface area contributed by atoms with Gasteiger partial charge in [-0.2, -0.15) is 0 Å². The molecule has 0 spiro atoms. The number of nitrogens with zero attached hydrogens (tertiary/aromatic N) is 1. The minimum atomic E-state index is -1.77. The van der Waals surface area contributed by atoms with Crippen molar-refractivity contribution in [3.05, 3.63) is 0 Å². The Morgan fingerprint density at radius 3 is 1.64 bits per heavy atom. The van der Waals surface area contributed by atoms with E-state index in [4.69, 9.17) is 0 Å². The van der Waals surface area contributed by atoms with E-state index in [1.807, 2.05) is 0 Å². The second-order valence-electron chi connectivity index (χ2n) is 6.42. The van der Waals surface area contributed by atoms with Crippen molar-refractivity contribution in [2.75, 3.05) is 0 Å². The van der Waals surface area contributed by atoms with Crippen LogP contribution < -0.4 is 0 Å². The zero-order chi connectivity index (χ0) is 10.4. The molecule has 0 heterocycles. The normalized spacial score (nSPS) is 42.1. The molecule has 78 valence electrons. The van der Waals surface area contributed by atoms with Crippen LogP contribution in [-0.2, 0) is 0 Å². The van der Waals surface area contributed by atoms with Crippen molar-refractivity contribution < 1.29 is 0 Å². The predicted molar refractivity (Wildman–Crippen MR) is 61.8 cm³/mol. The molecule has 0 radical (unpaired) electrons. The molecule has 3 saturated carbocycles. The van der Waals surface area contributed by atoms with Crippen LogP contribution in [0, 0.1) is 16.7 Å². The number of hydrogen-bond donors (Lipinski definition) is 0. The fourth-order valence-electron chi connectivity index (χ4n) is 3.48. The third-order valence-corrected chi connectivity index (χ3v) is 16.3. The van der Waals surface area contributed by atoms with E-state index in [-0.39, 0.29) is 5.41 Å². The maximum atomic E-state index is 9.22. The Balaban J connectivity index is 2.22. The topological polar surface area (TPSA) is 23.8 Å². The summed E-state index contributed by atoms with van der Waals surface area (Å²) in [6.45, 7) is 0. The first kappa shape index (κ1) is 10.8. The fourth-order valence-corrected chi connectivity index (χ4v) is 11.0. The van der Waals surface area contributed by atoms with E-state index in [0.29, 0.717) is 0 Å². The van der Waals surface area contributed by atoms with Crippen molar-refractivity contribution in [2.45, 2.75) is 56.8 Å². The van der Waals surface area contributed by atoms with Crippen molar-refractivity contribution in [3.8, 4) is 6.07 Å². The van der Waals surface area contributed by atoms with Crippen molar-refractivity contribution in [1.29, 1.82) is 5.26 Å². The van der Waals surface area contributed by atoms with Gasteiger partial charge in [0.1, 0.15) is 0 Å². The maximum absolute atomic E-state index is 9.22. The van der Waals surface area contributed by atoms with Crippen LogP contribution in [0.4, 0.5) is 0 Å². The monoisotopic (exact) mass is 299 g/mol. The molecule has 0 amide bonds. The minimum absolute atomic E-state index is 0.110. The molecule has 0 N–H and O–H groups in total. The Kier molecular flexibility index (Phi) is 2.42. The van der Waals surface area contributed by atoms with Gasteiger partial charge >= 0.3 is 91.9 Å². The second kappa shape index (κ2) is 3.14. The van der Waals surface area contributed by atoms with Crippen LogP contribution in [0.1, 0.15) is 38.5 Å². The van der Waals surface area contributed by atoms with Crippen molar-refractivity contribution >= 4 is 18.4 Å². The van der Waals surface area contributed by atoms with Gasteiger partial charge in [0, 0.05) is 0 Å². The first-order valence-corrected chi connectivity index (χ1v) is 15.8. The molecular formula is C12H21NSn. The van der Waals surface area contributed by atoms with Gasteiger partial charge in [-0.3, -0.25) is 0 Å². The Bertz CT molecular complexity index is 257. The first-order chi connectivity index (χ1) is 6.43. The third kappa shape index (κ3) is 1.41. The molecular weight excluding hydrogens is 277 g/mol. The summed E-state index contributed by atoms with van der Waals surface area (Å²) < 4.78 is 0.757. The molecule has 3 aliphatic rings. The molecule has 3 fully saturated rings. The van der Waals surface area contributed by atoms with Gasteiger partial charge in [0.05, 0.1) is 0 Å². The zero-order valence-electron chi connectivity index (χ0n) is 9.69. The van der Waals surface area contributed by atoms with Gasteiger partial charge in [0.15, 0.2) is 0 Å². The standard InChI is InChI=1S/C9H12N.3CH3.Sn/c10-7-9-4-1-8(2-5-9)3-6-9;;;;/h1-6H2;3*1H3;. The van der Waals surface area contributed by atoms with Crippen LogP contribution >= 0.6 is 0 Å². The average Bonchev–Trinajstić information content (AvgIpc) is 2.19. The Morgan fingerprint density at radius 2 is 1.36 bits per heavy atom. The third-order valence-electron chi connectivity index (χ3n) is 5.07. The fraction of sp³-hybridized carbons (Fsp3) is 0.917. The number of hydrogen-bond acceptors (Lipinski definition) is 1. The van der Waals surface area contributed by atoms with Gasteiger partial charge in [-0.1, -0.05) is 0 Å². The van der Waals surface area contributed by atoms with Gasteiger partial charge in [0.2, 0.25) is 0 Å². The summed E-state index contributed by atoms with van der Waals surface area (Å²) in [5.41, 5.74) is 0.110. The molecule has 0 saturated heterocycles. The molecule has 0 atom stereocenters. The Hall–Kier alpha value is 0.289. The number of rotatable bonds is 1. The second-order valence-corrected chi connectivity index (χ2v) is 22.3. The van der Waals surface area contributed by atoms with E-state index in [1.54, 1.807) is 0 Å². The zero-order valence-corrected chi connectivity index (χ0v) is 12.5. The van der Waals surface area contributed by atoms with E-state index in [1.165, 1.54) is 38.5 Å². The van der Waals surface area contributed by atoms with Crippen LogP contribution in [0.5, 0.6) is 0 Å². The molecule has 0 aromatic heterocycles. The molecule has 0 aliphatic heterocycles. The molecule has 2 heteroatoms. The molecule has 2 bridgehead atoms. The number of fused-ring (bicyclic) bond motifs is 3. The summed E-state index contributed by atoms with van der Waals surface area (Å²) in [7, 11) is 0. The van der Waals surface area contributed by atoms with Gasteiger partial charge in [0.25, 0.3) is 0 Å². The van der Waals surface area contributed by atoms with Gasteiger partial charge in [-0.05, 0) is 0 Å². The van der Waals surface area contributed by atoms with Crippen molar-refractivity contribution in [3.63, 3.8) is 0 Å². The van der Waals surface area contributed by atoms with Gasteiger partial charge in [-0.25, -0.2) is 0 Å². The van der Waals surface area contributed by atoms with Crippen LogP contribution in [0.2, 0.25) is 18.2 Å². The van der Waals surface area contributed by atoms with Crippen LogP contribution in [0.3, 0.4) is 0 Å². The SMILES string of the molecule is [CH3][Sn]([CH3])([CH3])[C]12CCC(C#N)(CC1)CC2. The van der Waals surface area contributed by atoms with E-state index in [9.17, 15) is 5.26 Å². The van der Waals surface area contributed by atoms with Crippen LogP contribution in [0.25, 0.3) is 0 Å². The summed E-state index contributed by atoms with van der Waals surface area (Å²) in [5.74, 6) is 0. The Labute approximate surface area is 91.8 Å². The summed E-state index contributed by atoms with van der Waals surface area (Å²) >= 11 is -1.77.